The number of halogens is 1. The van der Waals surface area contributed by atoms with Gasteiger partial charge in [0.05, 0.1) is 17.3 Å². The molecule has 2 heterocycles. The Morgan fingerprint density at radius 2 is 2.00 bits per heavy atom. The molecule has 0 bridgehead atoms. The van der Waals surface area contributed by atoms with Crippen molar-refractivity contribution in [3.63, 3.8) is 0 Å². The number of hydrogen-bond donors (Lipinski definition) is 3. The monoisotopic (exact) mass is 487 g/mol. The smallest absolute Gasteiger partial charge is 0.272 e. The van der Waals surface area contributed by atoms with Crippen LogP contribution < -0.4 is 16.0 Å². The molecule has 4 N–H and O–H groups in total. The topological polar surface area (TPSA) is 131 Å². The Kier molecular flexibility index (Phi) is 6.44. The summed E-state index contributed by atoms with van der Waals surface area (Å²) in [6, 6.07) is 7.23. The predicted octanol–water partition coefficient (Wildman–Crippen LogP) is 2.67. The minimum absolute atomic E-state index is 0.00802. The van der Waals surface area contributed by atoms with Gasteiger partial charge in [0.2, 0.25) is 5.91 Å². The molecule has 34 heavy (non-hydrogen) atoms. The molecule has 3 amide bonds. The summed E-state index contributed by atoms with van der Waals surface area (Å²) < 4.78 is 1.67. The second-order valence-corrected chi connectivity index (χ2v) is 10.3. The van der Waals surface area contributed by atoms with Gasteiger partial charge in [0.1, 0.15) is 5.69 Å². The minimum Gasteiger partial charge on any atom is -0.389 e. The van der Waals surface area contributed by atoms with E-state index in [4.69, 9.17) is 17.3 Å². The van der Waals surface area contributed by atoms with Crippen molar-refractivity contribution in [2.45, 2.75) is 57.6 Å². The van der Waals surface area contributed by atoms with Crippen LogP contribution in [0.5, 0.6) is 0 Å². The van der Waals surface area contributed by atoms with Crippen molar-refractivity contribution >= 4 is 35.0 Å². The van der Waals surface area contributed by atoms with Crippen LogP contribution in [0.4, 0.5) is 5.69 Å². The number of amides is 3. The van der Waals surface area contributed by atoms with Crippen LogP contribution in [0.2, 0.25) is 5.02 Å². The first-order valence-corrected chi connectivity index (χ1v) is 11.8. The number of carbonyl (C=O) groups excluding carboxylic acids is 3. The van der Waals surface area contributed by atoms with E-state index in [9.17, 15) is 19.5 Å². The van der Waals surface area contributed by atoms with Crippen LogP contribution in [0.3, 0.4) is 0 Å². The number of nitrogens with zero attached hydrogens (tertiary/aromatic N) is 3. The van der Waals surface area contributed by atoms with Gasteiger partial charge in [-0.2, -0.15) is 0 Å². The highest BCUT2D eigenvalue weighted by Crippen LogP contribution is 2.49. The van der Waals surface area contributed by atoms with E-state index in [-0.39, 0.29) is 29.9 Å². The Bertz CT molecular complexity index is 1110. The number of primary amides is 1. The van der Waals surface area contributed by atoms with Crippen LogP contribution in [-0.2, 0) is 4.79 Å². The first kappa shape index (κ1) is 24.2. The first-order chi connectivity index (χ1) is 16.0. The molecule has 2 aliphatic rings. The fourth-order valence-electron chi connectivity index (χ4n) is 5.04. The molecule has 1 aliphatic heterocycles. The Labute approximate surface area is 203 Å². The third-order valence-electron chi connectivity index (χ3n) is 6.86. The maximum absolute atomic E-state index is 13.4. The molecule has 2 aromatic rings. The zero-order valence-electron chi connectivity index (χ0n) is 19.4. The molecule has 0 radical (unpaired) electrons. The van der Waals surface area contributed by atoms with Crippen molar-refractivity contribution in [1.29, 1.82) is 0 Å². The third-order valence-corrected chi connectivity index (χ3v) is 7.10. The van der Waals surface area contributed by atoms with E-state index in [1.54, 1.807) is 30.5 Å². The highest BCUT2D eigenvalue weighted by Gasteiger charge is 2.49. The summed E-state index contributed by atoms with van der Waals surface area (Å²) in [6.07, 6.45) is 4.90. The molecule has 1 aromatic carbocycles. The number of carbonyl (C=O) groups is 3. The number of aromatic nitrogens is 2. The van der Waals surface area contributed by atoms with Gasteiger partial charge in [0.25, 0.3) is 11.8 Å². The summed E-state index contributed by atoms with van der Waals surface area (Å²) in [5.41, 5.74) is 4.89. The number of aliphatic hydroxyl groups is 1. The summed E-state index contributed by atoms with van der Waals surface area (Å²) >= 11 is 6.12. The Balaban J connectivity index is 1.48. The maximum atomic E-state index is 13.4. The van der Waals surface area contributed by atoms with E-state index in [0.717, 1.165) is 12.1 Å². The Hall–Kier alpha value is -2.91. The van der Waals surface area contributed by atoms with Crippen LogP contribution in [-0.4, -0.2) is 51.1 Å². The van der Waals surface area contributed by atoms with Crippen LogP contribution in [0.25, 0.3) is 0 Å². The van der Waals surface area contributed by atoms with Crippen LogP contribution in [0.15, 0.2) is 30.6 Å². The fraction of sp³-hybridized carbons (Fsp3) is 0.500. The van der Waals surface area contributed by atoms with Gasteiger partial charge >= 0.3 is 0 Å². The summed E-state index contributed by atoms with van der Waals surface area (Å²) in [4.78, 5) is 44.2. The largest absolute Gasteiger partial charge is 0.389 e. The summed E-state index contributed by atoms with van der Waals surface area (Å²) in [5.74, 6) is -1.19. The summed E-state index contributed by atoms with van der Waals surface area (Å²) in [7, 11) is 0. The van der Waals surface area contributed by atoms with Crippen molar-refractivity contribution in [3.05, 3.63) is 47.0 Å². The standard InChI is InChI=1S/C24H30ClN5O4/c1-23(2,34)13-27-21(32)18-19(20(26)31)30(14-28-18)16-6-8-24(9-7-16)10-11-29(22(24)33)17-5-3-4-15(25)12-17/h3-5,12,14,16,34H,6-11,13H2,1-2H3,(H2,26,31)(H,27,32). The van der Waals surface area contributed by atoms with Gasteiger partial charge in [-0.25, -0.2) is 4.98 Å². The van der Waals surface area contributed by atoms with Crippen LogP contribution >= 0.6 is 11.6 Å². The lowest BCUT2D eigenvalue weighted by molar-refractivity contribution is -0.127. The molecule has 0 atom stereocenters. The molecule has 1 aliphatic carbocycles. The van der Waals surface area contributed by atoms with Gasteiger partial charge in [0, 0.05) is 29.8 Å². The van der Waals surface area contributed by atoms with E-state index in [1.807, 2.05) is 17.0 Å². The second-order valence-electron chi connectivity index (χ2n) is 9.91. The molecule has 1 spiro atoms. The molecule has 9 nitrogen and oxygen atoms in total. The van der Waals surface area contributed by atoms with Gasteiger partial charge in [-0.3, -0.25) is 14.4 Å². The zero-order valence-corrected chi connectivity index (χ0v) is 20.1. The lowest BCUT2D eigenvalue weighted by Gasteiger charge is -2.36. The minimum atomic E-state index is -1.10. The average Bonchev–Trinajstić information content (AvgIpc) is 3.35. The van der Waals surface area contributed by atoms with Crippen molar-refractivity contribution in [2.24, 2.45) is 11.1 Å². The summed E-state index contributed by atoms with van der Waals surface area (Å²) in [6.45, 7) is 3.79. The molecule has 4 rings (SSSR count). The van der Waals surface area contributed by atoms with Crippen molar-refractivity contribution in [2.75, 3.05) is 18.0 Å². The molecule has 1 saturated heterocycles. The van der Waals surface area contributed by atoms with Crippen molar-refractivity contribution in [3.8, 4) is 0 Å². The average molecular weight is 488 g/mol. The highest BCUT2D eigenvalue weighted by atomic mass is 35.5. The molecule has 182 valence electrons. The number of rotatable bonds is 6. The molecule has 2 fully saturated rings. The normalized spacial score (nSPS) is 22.9. The third kappa shape index (κ3) is 4.67. The second kappa shape index (κ2) is 9.03. The molecule has 1 saturated carbocycles. The van der Waals surface area contributed by atoms with Gasteiger partial charge in [-0.05, 0) is 64.2 Å². The van der Waals surface area contributed by atoms with Crippen LogP contribution in [0.1, 0.15) is 73.0 Å². The molecule has 1 aromatic heterocycles. The number of anilines is 1. The van der Waals surface area contributed by atoms with E-state index in [1.165, 1.54) is 6.33 Å². The van der Waals surface area contributed by atoms with E-state index in [2.05, 4.69) is 10.3 Å². The lowest BCUT2D eigenvalue weighted by Crippen LogP contribution is -2.39. The van der Waals surface area contributed by atoms with Crippen molar-refractivity contribution in [1.82, 2.24) is 14.9 Å². The SMILES string of the molecule is CC(C)(O)CNC(=O)c1ncn(C2CCC3(CC2)CCN(c2cccc(Cl)c2)C3=O)c1C(N)=O. The summed E-state index contributed by atoms with van der Waals surface area (Å²) in [5, 5.41) is 13.0. The van der Waals surface area contributed by atoms with Gasteiger partial charge < -0.3 is 25.6 Å². The van der Waals surface area contributed by atoms with E-state index in [0.29, 0.717) is 37.3 Å². The maximum Gasteiger partial charge on any atom is 0.272 e. The number of benzene rings is 1. The Morgan fingerprint density at radius 1 is 1.29 bits per heavy atom. The number of hydrogen-bond acceptors (Lipinski definition) is 5. The van der Waals surface area contributed by atoms with E-state index >= 15 is 0 Å². The molecule has 10 heteroatoms. The molecule has 0 unspecified atom stereocenters. The van der Waals surface area contributed by atoms with Gasteiger partial charge in [0.15, 0.2) is 5.69 Å². The van der Waals surface area contributed by atoms with Crippen molar-refractivity contribution < 1.29 is 19.5 Å². The van der Waals surface area contributed by atoms with Crippen LogP contribution in [0, 0.1) is 5.41 Å². The zero-order chi connectivity index (χ0) is 24.7. The van der Waals surface area contributed by atoms with Gasteiger partial charge in [-0.15, -0.1) is 0 Å². The fourth-order valence-corrected chi connectivity index (χ4v) is 5.22. The highest BCUT2D eigenvalue weighted by molar-refractivity contribution is 6.31. The number of nitrogens with one attached hydrogen (secondary N) is 1. The lowest BCUT2D eigenvalue weighted by atomic mass is 9.71. The van der Waals surface area contributed by atoms with Gasteiger partial charge in [-0.1, -0.05) is 17.7 Å². The number of nitrogens with two attached hydrogens (primary N) is 1. The quantitative estimate of drug-likeness (QED) is 0.576. The number of imidazole rings is 1. The predicted molar refractivity (Wildman–Crippen MR) is 128 cm³/mol. The first-order valence-electron chi connectivity index (χ1n) is 11.5. The molecular formula is C24H30ClN5O4. The molecular weight excluding hydrogens is 458 g/mol. The van der Waals surface area contributed by atoms with E-state index < -0.39 is 22.8 Å². The Morgan fingerprint density at radius 3 is 2.62 bits per heavy atom.